The Bertz CT molecular complexity index is 556. The van der Waals surface area contributed by atoms with Gasteiger partial charge in [-0.15, -0.1) is 0 Å². The van der Waals surface area contributed by atoms with Crippen molar-refractivity contribution >= 4 is 11.6 Å². The lowest BCUT2D eigenvalue weighted by Gasteiger charge is -2.21. The molecule has 0 saturated carbocycles. The Labute approximate surface area is 129 Å². The molecule has 0 radical (unpaired) electrons. The van der Waals surface area contributed by atoms with Crippen molar-refractivity contribution in [3.05, 3.63) is 41.0 Å². The van der Waals surface area contributed by atoms with Gasteiger partial charge in [-0.1, -0.05) is 23.7 Å². The van der Waals surface area contributed by atoms with Crippen LogP contribution in [0.5, 0.6) is 5.75 Å². The molecule has 6 heteroatoms. The molecule has 0 N–H and O–H groups in total. The molecule has 1 heterocycles. The van der Waals surface area contributed by atoms with Crippen LogP contribution in [0.25, 0.3) is 0 Å². The summed E-state index contributed by atoms with van der Waals surface area (Å²) in [5.41, 5.74) is 0. The summed E-state index contributed by atoms with van der Waals surface area (Å²) in [5.74, 6) is 2.19. The van der Waals surface area contributed by atoms with Gasteiger partial charge in [0, 0.05) is 18.0 Å². The second kappa shape index (κ2) is 7.43. The van der Waals surface area contributed by atoms with E-state index in [1.165, 1.54) is 0 Å². The molecule has 0 spiro atoms. The third-order valence-electron chi connectivity index (χ3n) is 3.34. The SMILES string of the molecule is CCc1noc(C(C)N(C)CCOc2ccc(Cl)cc2)n1. The maximum Gasteiger partial charge on any atom is 0.243 e. The Morgan fingerprint density at radius 2 is 2.05 bits per heavy atom. The molecule has 2 aromatic rings. The molecule has 1 aromatic heterocycles. The normalized spacial score (nSPS) is 12.6. The summed E-state index contributed by atoms with van der Waals surface area (Å²) < 4.78 is 10.9. The first-order chi connectivity index (χ1) is 10.1. The summed E-state index contributed by atoms with van der Waals surface area (Å²) in [6.45, 7) is 5.38. The predicted molar refractivity (Wildman–Crippen MR) is 81.7 cm³/mol. The van der Waals surface area contributed by atoms with E-state index in [1.54, 1.807) is 0 Å². The van der Waals surface area contributed by atoms with Gasteiger partial charge in [0.05, 0.1) is 6.04 Å². The highest BCUT2D eigenvalue weighted by molar-refractivity contribution is 6.30. The molecule has 1 atom stereocenters. The van der Waals surface area contributed by atoms with Crippen molar-refractivity contribution < 1.29 is 9.26 Å². The number of aromatic nitrogens is 2. The number of hydrogen-bond donors (Lipinski definition) is 0. The molecule has 21 heavy (non-hydrogen) atoms. The first-order valence-corrected chi connectivity index (χ1v) is 7.39. The van der Waals surface area contributed by atoms with Gasteiger partial charge in [-0.3, -0.25) is 4.90 Å². The van der Waals surface area contributed by atoms with Gasteiger partial charge in [0.1, 0.15) is 12.4 Å². The minimum atomic E-state index is 0.0617. The Balaban J connectivity index is 1.80. The van der Waals surface area contributed by atoms with Crippen molar-refractivity contribution in [3.8, 4) is 5.75 Å². The molecule has 0 aliphatic carbocycles. The van der Waals surface area contributed by atoms with Crippen molar-refractivity contribution in [1.82, 2.24) is 15.0 Å². The first-order valence-electron chi connectivity index (χ1n) is 7.01. The lowest BCUT2D eigenvalue weighted by Crippen LogP contribution is -2.27. The van der Waals surface area contributed by atoms with Gasteiger partial charge >= 0.3 is 0 Å². The van der Waals surface area contributed by atoms with Gasteiger partial charge in [0.25, 0.3) is 0 Å². The molecule has 0 bridgehead atoms. The molecule has 0 saturated heterocycles. The number of likely N-dealkylation sites (N-methyl/N-ethyl adjacent to an activating group) is 1. The van der Waals surface area contributed by atoms with E-state index in [1.807, 2.05) is 45.2 Å². The van der Waals surface area contributed by atoms with Gasteiger partial charge in [0.2, 0.25) is 5.89 Å². The first kappa shape index (κ1) is 15.8. The number of halogens is 1. The topological polar surface area (TPSA) is 51.4 Å². The van der Waals surface area contributed by atoms with Crippen molar-refractivity contribution in [2.75, 3.05) is 20.2 Å². The molecule has 1 aromatic carbocycles. The average Bonchev–Trinajstić information content (AvgIpc) is 2.97. The van der Waals surface area contributed by atoms with Gasteiger partial charge in [0.15, 0.2) is 5.82 Å². The van der Waals surface area contributed by atoms with E-state index in [0.717, 1.165) is 24.5 Å². The number of benzene rings is 1. The summed E-state index contributed by atoms with van der Waals surface area (Å²) in [5, 5.41) is 4.62. The maximum atomic E-state index is 5.83. The lowest BCUT2D eigenvalue weighted by molar-refractivity contribution is 0.174. The van der Waals surface area contributed by atoms with Crippen LogP contribution >= 0.6 is 11.6 Å². The quantitative estimate of drug-likeness (QED) is 0.785. The zero-order chi connectivity index (χ0) is 15.2. The highest BCUT2D eigenvalue weighted by Crippen LogP contribution is 2.18. The van der Waals surface area contributed by atoms with Crippen LogP contribution < -0.4 is 4.74 Å². The highest BCUT2D eigenvalue weighted by Gasteiger charge is 2.18. The van der Waals surface area contributed by atoms with Crippen LogP contribution in [0.1, 0.15) is 31.6 Å². The molecule has 1 unspecified atom stereocenters. The molecule has 114 valence electrons. The van der Waals surface area contributed by atoms with Crippen LogP contribution in [-0.2, 0) is 6.42 Å². The van der Waals surface area contributed by atoms with E-state index in [9.17, 15) is 0 Å². The second-order valence-corrected chi connectivity index (χ2v) is 5.30. The van der Waals surface area contributed by atoms with E-state index >= 15 is 0 Å². The second-order valence-electron chi connectivity index (χ2n) is 4.86. The van der Waals surface area contributed by atoms with Crippen LogP contribution in [0, 0.1) is 0 Å². The largest absolute Gasteiger partial charge is 0.492 e. The van der Waals surface area contributed by atoms with Crippen LogP contribution in [0.2, 0.25) is 5.02 Å². The highest BCUT2D eigenvalue weighted by atomic mass is 35.5. The number of nitrogens with zero attached hydrogens (tertiary/aromatic N) is 3. The Morgan fingerprint density at radius 1 is 1.33 bits per heavy atom. The average molecular weight is 310 g/mol. The van der Waals surface area contributed by atoms with Crippen molar-refractivity contribution in [3.63, 3.8) is 0 Å². The lowest BCUT2D eigenvalue weighted by atomic mass is 10.3. The molecule has 0 fully saturated rings. The van der Waals surface area contributed by atoms with Crippen LogP contribution in [0.4, 0.5) is 0 Å². The minimum Gasteiger partial charge on any atom is -0.492 e. The monoisotopic (exact) mass is 309 g/mol. The van der Waals surface area contributed by atoms with Crippen LogP contribution in [-0.4, -0.2) is 35.2 Å². The number of rotatable bonds is 7. The fourth-order valence-corrected chi connectivity index (χ4v) is 1.93. The summed E-state index contributed by atoms with van der Waals surface area (Å²) in [6.07, 6.45) is 0.777. The standard InChI is InChI=1S/C15H20ClN3O2/c1-4-14-17-15(21-18-14)11(2)19(3)9-10-20-13-7-5-12(16)6-8-13/h5-8,11H,4,9-10H2,1-3H3. The van der Waals surface area contributed by atoms with E-state index < -0.39 is 0 Å². The molecule has 0 amide bonds. The van der Waals surface area contributed by atoms with E-state index in [2.05, 4.69) is 15.0 Å². The number of ether oxygens (including phenoxy) is 1. The summed E-state index contributed by atoms with van der Waals surface area (Å²) in [4.78, 5) is 6.46. The Hall–Kier alpha value is -1.59. The molecule has 2 rings (SSSR count). The maximum absolute atomic E-state index is 5.83. The summed E-state index contributed by atoms with van der Waals surface area (Å²) in [7, 11) is 2.01. The smallest absolute Gasteiger partial charge is 0.243 e. The molecule has 5 nitrogen and oxygen atoms in total. The van der Waals surface area contributed by atoms with E-state index in [-0.39, 0.29) is 6.04 Å². The Morgan fingerprint density at radius 3 is 2.67 bits per heavy atom. The summed E-state index contributed by atoms with van der Waals surface area (Å²) in [6, 6.07) is 7.41. The molecular formula is C15H20ClN3O2. The van der Waals surface area contributed by atoms with E-state index in [0.29, 0.717) is 17.5 Å². The number of aryl methyl sites for hydroxylation is 1. The fourth-order valence-electron chi connectivity index (χ4n) is 1.80. The van der Waals surface area contributed by atoms with Gasteiger partial charge in [-0.25, -0.2) is 0 Å². The zero-order valence-corrected chi connectivity index (χ0v) is 13.3. The minimum absolute atomic E-state index is 0.0617. The molecule has 0 aliphatic heterocycles. The third-order valence-corrected chi connectivity index (χ3v) is 3.60. The van der Waals surface area contributed by atoms with Crippen molar-refractivity contribution in [2.45, 2.75) is 26.3 Å². The molecular weight excluding hydrogens is 290 g/mol. The number of hydrogen-bond acceptors (Lipinski definition) is 5. The van der Waals surface area contributed by atoms with Crippen LogP contribution in [0.15, 0.2) is 28.8 Å². The van der Waals surface area contributed by atoms with Gasteiger partial charge in [-0.05, 0) is 38.2 Å². The zero-order valence-electron chi connectivity index (χ0n) is 12.5. The predicted octanol–water partition coefficient (Wildman–Crippen LogP) is 3.36. The third kappa shape index (κ3) is 4.44. The molecule has 0 aliphatic rings. The fraction of sp³-hybridized carbons (Fsp3) is 0.467. The van der Waals surface area contributed by atoms with Gasteiger partial charge in [-0.2, -0.15) is 4.98 Å². The van der Waals surface area contributed by atoms with Crippen molar-refractivity contribution in [1.29, 1.82) is 0 Å². The van der Waals surface area contributed by atoms with Gasteiger partial charge < -0.3 is 9.26 Å². The van der Waals surface area contributed by atoms with E-state index in [4.69, 9.17) is 20.9 Å². The summed E-state index contributed by atoms with van der Waals surface area (Å²) >= 11 is 5.83. The van der Waals surface area contributed by atoms with Crippen molar-refractivity contribution in [2.24, 2.45) is 0 Å². The van der Waals surface area contributed by atoms with Crippen LogP contribution in [0.3, 0.4) is 0 Å². The Kier molecular flexibility index (Phi) is 5.59.